The van der Waals surface area contributed by atoms with Crippen LogP contribution in [0.2, 0.25) is 0 Å². The van der Waals surface area contributed by atoms with Crippen molar-refractivity contribution in [3.8, 4) is 17.3 Å². The van der Waals surface area contributed by atoms with Crippen LogP contribution >= 0.6 is 0 Å². The first-order chi connectivity index (χ1) is 18.5. The lowest BCUT2D eigenvalue weighted by atomic mass is 10.00. The van der Waals surface area contributed by atoms with Gasteiger partial charge in [0.15, 0.2) is 0 Å². The minimum absolute atomic E-state index is 0.197. The summed E-state index contributed by atoms with van der Waals surface area (Å²) in [4.78, 5) is 16.0. The largest absolute Gasteiger partial charge is 0.497 e. The highest BCUT2D eigenvalue weighted by Crippen LogP contribution is 2.39. The summed E-state index contributed by atoms with van der Waals surface area (Å²) in [5.41, 5.74) is 6.71. The summed E-state index contributed by atoms with van der Waals surface area (Å²) in [5, 5.41) is 8.03. The molecule has 0 saturated carbocycles. The van der Waals surface area contributed by atoms with Crippen LogP contribution in [0.5, 0.6) is 5.75 Å². The number of anilines is 1. The van der Waals surface area contributed by atoms with Gasteiger partial charge in [-0.1, -0.05) is 54.1 Å². The fourth-order valence-corrected chi connectivity index (χ4v) is 5.24. The fraction of sp³-hybridized carbons (Fsp3) is 0.161. The number of urea groups is 1. The zero-order valence-corrected chi connectivity index (χ0v) is 21.6. The van der Waals surface area contributed by atoms with E-state index < -0.39 is 0 Å². The maximum absolute atomic E-state index is 14.1. The summed E-state index contributed by atoms with van der Waals surface area (Å²) in [5.74, 6) is 1.63. The van der Waals surface area contributed by atoms with Gasteiger partial charge in [-0.25, -0.2) is 9.48 Å². The number of nitrogens with one attached hydrogen (secondary N) is 1. The number of hydrogen-bond donors (Lipinski definition) is 1. The predicted molar refractivity (Wildman–Crippen MR) is 148 cm³/mol. The van der Waals surface area contributed by atoms with E-state index in [1.807, 2.05) is 83.2 Å². The monoisotopic (exact) mass is 503 g/mol. The molecule has 0 spiro atoms. The topological polar surface area (TPSA) is 64.3 Å². The average Bonchev–Trinajstić information content (AvgIpc) is 3.49. The Morgan fingerprint density at radius 3 is 2.55 bits per heavy atom. The van der Waals surface area contributed by atoms with Crippen molar-refractivity contribution in [1.29, 1.82) is 0 Å². The van der Waals surface area contributed by atoms with Crippen LogP contribution in [0.4, 0.5) is 10.5 Å². The van der Waals surface area contributed by atoms with Crippen molar-refractivity contribution >= 4 is 11.7 Å². The molecule has 6 rings (SSSR count). The van der Waals surface area contributed by atoms with Crippen molar-refractivity contribution in [2.24, 2.45) is 0 Å². The van der Waals surface area contributed by atoms with Gasteiger partial charge in [-0.3, -0.25) is 0 Å². The van der Waals surface area contributed by atoms with Gasteiger partial charge in [0.1, 0.15) is 11.6 Å². The van der Waals surface area contributed by atoms with E-state index in [9.17, 15) is 4.79 Å². The van der Waals surface area contributed by atoms with Crippen LogP contribution in [-0.2, 0) is 6.54 Å². The third kappa shape index (κ3) is 4.12. The lowest BCUT2D eigenvalue weighted by Crippen LogP contribution is -2.38. The molecule has 0 fully saturated rings. The highest BCUT2D eigenvalue weighted by molar-refractivity contribution is 5.90. The second-order valence-corrected chi connectivity index (χ2v) is 9.54. The molecule has 7 nitrogen and oxygen atoms in total. The molecule has 0 saturated heterocycles. The Morgan fingerprint density at radius 1 is 0.947 bits per heavy atom. The Balaban J connectivity index is 1.52. The number of ether oxygens (including phenoxy) is 1. The molecule has 3 aromatic carbocycles. The molecule has 3 heterocycles. The summed E-state index contributed by atoms with van der Waals surface area (Å²) < 4.78 is 9.52. The van der Waals surface area contributed by atoms with E-state index in [1.165, 1.54) is 0 Å². The van der Waals surface area contributed by atoms with Crippen LogP contribution in [0.3, 0.4) is 0 Å². The second kappa shape index (κ2) is 9.59. The van der Waals surface area contributed by atoms with Gasteiger partial charge >= 0.3 is 6.03 Å². The van der Waals surface area contributed by atoms with Gasteiger partial charge in [0.2, 0.25) is 0 Å². The molecule has 1 aliphatic rings. The summed E-state index contributed by atoms with van der Waals surface area (Å²) in [6, 6.07) is 29.5. The van der Waals surface area contributed by atoms with Gasteiger partial charge in [-0.2, -0.15) is 5.10 Å². The van der Waals surface area contributed by atoms with Crippen molar-refractivity contribution in [3.05, 3.63) is 125 Å². The molecule has 1 N–H and O–H groups in total. The number of hydrogen-bond acceptors (Lipinski definition) is 3. The van der Waals surface area contributed by atoms with Crippen LogP contribution < -0.4 is 10.1 Å². The van der Waals surface area contributed by atoms with Gasteiger partial charge < -0.3 is 19.5 Å². The third-order valence-corrected chi connectivity index (χ3v) is 7.03. The van der Waals surface area contributed by atoms with Crippen LogP contribution in [0.1, 0.15) is 34.1 Å². The van der Waals surface area contributed by atoms with E-state index in [-0.39, 0.29) is 12.1 Å². The van der Waals surface area contributed by atoms with Gasteiger partial charge in [-0.05, 0) is 55.8 Å². The fourth-order valence-electron chi connectivity index (χ4n) is 5.24. The Hall–Kier alpha value is -4.78. The Morgan fingerprint density at radius 2 is 1.76 bits per heavy atom. The van der Waals surface area contributed by atoms with E-state index in [1.54, 1.807) is 7.11 Å². The van der Waals surface area contributed by atoms with Gasteiger partial charge in [0.05, 0.1) is 36.8 Å². The molecular weight excluding hydrogens is 474 g/mol. The van der Waals surface area contributed by atoms with E-state index in [0.29, 0.717) is 18.0 Å². The lowest BCUT2D eigenvalue weighted by Gasteiger charge is -2.31. The number of amides is 2. The summed E-state index contributed by atoms with van der Waals surface area (Å²) >= 11 is 0. The number of aryl methyl sites for hydroxylation is 2. The SMILES string of the molecule is COc1cccc(NC(=O)N2Cc3c(C)nn(-c4ccccc4)c3-n3cccc3C2c2cccc(C)c2)c1. The molecule has 1 aliphatic heterocycles. The van der Waals surface area contributed by atoms with Crippen LogP contribution in [0.15, 0.2) is 97.2 Å². The van der Waals surface area contributed by atoms with E-state index in [0.717, 1.165) is 39.6 Å². The maximum atomic E-state index is 14.1. The Labute approximate surface area is 221 Å². The molecule has 2 amide bonds. The van der Waals surface area contributed by atoms with Crippen LogP contribution in [0, 0.1) is 13.8 Å². The Kier molecular flexibility index (Phi) is 5.96. The number of carbonyl (C=O) groups is 1. The second-order valence-electron chi connectivity index (χ2n) is 9.54. The zero-order chi connectivity index (χ0) is 26.2. The number of fused-ring (bicyclic) bond motifs is 3. The third-order valence-electron chi connectivity index (χ3n) is 7.03. The van der Waals surface area contributed by atoms with Crippen molar-refractivity contribution in [1.82, 2.24) is 19.2 Å². The number of nitrogens with zero attached hydrogens (tertiary/aromatic N) is 4. The highest BCUT2D eigenvalue weighted by atomic mass is 16.5. The van der Waals surface area contributed by atoms with Gasteiger partial charge in [-0.15, -0.1) is 0 Å². The molecule has 1 unspecified atom stereocenters. The molecule has 0 bridgehead atoms. The molecule has 1 atom stereocenters. The van der Waals surface area contributed by atoms with E-state index >= 15 is 0 Å². The molecular formula is C31H29N5O2. The number of methoxy groups -OCH3 is 1. The molecule has 0 radical (unpaired) electrons. The molecule has 38 heavy (non-hydrogen) atoms. The number of para-hydroxylation sites is 1. The van der Waals surface area contributed by atoms with Crippen molar-refractivity contribution in [2.45, 2.75) is 26.4 Å². The van der Waals surface area contributed by atoms with Crippen molar-refractivity contribution in [3.63, 3.8) is 0 Å². The minimum Gasteiger partial charge on any atom is -0.497 e. The molecule has 7 heteroatoms. The molecule has 2 aromatic heterocycles. The summed E-state index contributed by atoms with van der Waals surface area (Å²) in [7, 11) is 1.62. The normalized spacial score (nSPS) is 14.4. The quantitative estimate of drug-likeness (QED) is 0.308. The predicted octanol–water partition coefficient (Wildman–Crippen LogP) is 6.43. The van der Waals surface area contributed by atoms with Gasteiger partial charge in [0, 0.05) is 23.5 Å². The van der Waals surface area contributed by atoms with Crippen LogP contribution in [-0.4, -0.2) is 32.4 Å². The first-order valence-electron chi connectivity index (χ1n) is 12.6. The van der Waals surface area contributed by atoms with Crippen LogP contribution in [0.25, 0.3) is 11.5 Å². The minimum atomic E-state index is -0.313. The first kappa shape index (κ1) is 23.6. The summed E-state index contributed by atoms with van der Waals surface area (Å²) in [6.45, 7) is 4.47. The highest BCUT2D eigenvalue weighted by Gasteiger charge is 2.36. The molecule has 190 valence electrons. The van der Waals surface area contributed by atoms with E-state index in [4.69, 9.17) is 9.84 Å². The van der Waals surface area contributed by atoms with E-state index in [2.05, 4.69) is 47.3 Å². The van der Waals surface area contributed by atoms with Gasteiger partial charge in [0.25, 0.3) is 0 Å². The maximum Gasteiger partial charge on any atom is 0.322 e. The number of rotatable bonds is 4. The van der Waals surface area contributed by atoms with Crippen molar-refractivity contribution in [2.75, 3.05) is 12.4 Å². The smallest absolute Gasteiger partial charge is 0.322 e. The first-order valence-corrected chi connectivity index (χ1v) is 12.6. The molecule has 0 aliphatic carbocycles. The summed E-state index contributed by atoms with van der Waals surface area (Å²) in [6.07, 6.45) is 2.06. The number of aromatic nitrogens is 3. The van der Waals surface area contributed by atoms with Crippen molar-refractivity contribution < 1.29 is 9.53 Å². The average molecular weight is 504 g/mol. The standard InChI is InChI=1S/C31H29N5O2/c1-21-10-7-11-23(18-21)29-28-16-9-17-34(28)30-27(22(2)33-36(30)25-13-5-4-6-14-25)20-35(29)31(37)32-24-12-8-15-26(19-24)38-3/h4-19,29H,20H2,1-3H3,(H,32,37). The zero-order valence-electron chi connectivity index (χ0n) is 21.6. The lowest BCUT2D eigenvalue weighted by molar-refractivity contribution is 0.194. The number of benzene rings is 3. The number of carbonyl (C=O) groups excluding carboxylic acids is 1. The Bertz CT molecular complexity index is 1620. The molecule has 5 aromatic rings.